The molecule has 0 aliphatic rings. The molecular formula is C63H41N3O. The van der Waals surface area contributed by atoms with Crippen LogP contribution in [0.3, 0.4) is 0 Å². The standard InChI is InChI=1S/C63H41N3O/c1-6-21-42(22-7-1)50-33-16-17-35-52(50)63-65-61(64-62(66-63)49-37-38-57-55(40-49)51-34-18-19-36-56(51)67-57)48-32-20-31-47(39-48)54-41-53(43-23-8-2-9-24-43)58(44-25-10-3-11-26-44)60(46-29-14-5-15-30-46)59(54)45-27-12-4-13-28-45/h1-41H. The van der Waals surface area contributed by atoms with Crippen LogP contribution < -0.4 is 0 Å². The molecule has 0 fully saturated rings. The molecule has 2 heterocycles. The van der Waals surface area contributed by atoms with Crippen LogP contribution in [-0.2, 0) is 0 Å². The highest BCUT2D eigenvalue weighted by Gasteiger charge is 2.24. The van der Waals surface area contributed by atoms with Crippen molar-refractivity contribution in [3.63, 3.8) is 0 Å². The Balaban J connectivity index is 1.12. The predicted octanol–water partition coefficient (Wildman–Crippen LogP) is 16.8. The molecule has 12 rings (SSSR count). The monoisotopic (exact) mass is 855 g/mol. The van der Waals surface area contributed by atoms with Crippen LogP contribution in [0, 0.1) is 0 Å². The minimum absolute atomic E-state index is 0.579. The van der Waals surface area contributed by atoms with E-state index in [4.69, 9.17) is 19.4 Å². The molecule has 0 N–H and O–H groups in total. The van der Waals surface area contributed by atoms with E-state index >= 15 is 0 Å². The number of benzene rings is 10. The van der Waals surface area contributed by atoms with Gasteiger partial charge < -0.3 is 4.42 Å². The average Bonchev–Trinajstić information content (AvgIpc) is 3.79. The molecule has 314 valence electrons. The van der Waals surface area contributed by atoms with E-state index in [-0.39, 0.29) is 0 Å². The van der Waals surface area contributed by atoms with E-state index in [1.807, 2.05) is 42.5 Å². The van der Waals surface area contributed by atoms with E-state index < -0.39 is 0 Å². The number of hydrogen-bond donors (Lipinski definition) is 0. The first-order valence-electron chi connectivity index (χ1n) is 22.6. The van der Waals surface area contributed by atoms with Crippen LogP contribution in [0.15, 0.2) is 253 Å². The molecule has 67 heavy (non-hydrogen) atoms. The lowest BCUT2D eigenvalue weighted by Crippen LogP contribution is -2.01. The number of para-hydroxylation sites is 1. The highest BCUT2D eigenvalue weighted by atomic mass is 16.3. The minimum Gasteiger partial charge on any atom is -0.456 e. The number of rotatable bonds is 9. The molecule has 0 spiro atoms. The van der Waals surface area contributed by atoms with E-state index in [9.17, 15) is 0 Å². The Kier molecular flexibility index (Phi) is 10.2. The summed E-state index contributed by atoms with van der Waals surface area (Å²) in [4.78, 5) is 15.9. The van der Waals surface area contributed by atoms with Gasteiger partial charge in [-0.05, 0) is 103 Å². The molecule has 4 heteroatoms. The Hall–Kier alpha value is -8.99. The topological polar surface area (TPSA) is 51.8 Å². The summed E-state index contributed by atoms with van der Waals surface area (Å²) in [6.45, 7) is 0. The van der Waals surface area contributed by atoms with Crippen molar-refractivity contribution in [2.75, 3.05) is 0 Å². The number of nitrogens with zero attached hydrogens (tertiary/aromatic N) is 3. The van der Waals surface area contributed by atoms with E-state index in [0.717, 1.165) is 94.3 Å². The van der Waals surface area contributed by atoms with Crippen molar-refractivity contribution in [3.8, 4) is 101 Å². The summed E-state index contributed by atoms with van der Waals surface area (Å²) in [5, 5.41) is 2.06. The molecule has 0 unspecified atom stereocenters. The fourth-order valence-electron chi connectivity index (χ4n) is 9.45. The van der Waals surface area contributed by atoms with Gasteiger partial charge in [0.05, 0.1) is 0 Å². The van der Waals surface area contributed by atoms with Gasteiger partial charge in [0.2, 0.25) is 0 Å². The third-order valence-corrected chi connectivity index (χ3v) is 12.6. The zero-order valence-corrected chi connectivity index (χ0v) is 36.4. The van der Waals surface area contributed by atoms with Gasteiger partial charge in [-0.2, -0.15) is 0 Å². The molecule has 0 saturated heterocycles. The maximum atomic E-state index is 6.24. The van der Waals surface area contributed by atoms with Crippen LogP contribution in [0.4, 0.5) is 0 Å². The summed E-state index contributed by atoms with van der Waals surface area (Å²) in [5.41, 5.74) is 17.8. The molecule has 10 aromatic carbocycles. The Bertz CT molecular complexity index is 3720. The van der Waals surface area contributed by atoms with Crippen molar-refractivity contribution in [2.24, 2.45) is 0 Å². The summed E-state index contributed by atoms with van der Waals surface area (Å²) in [7, 11) is 0. The molecule has 4 nitrogen and oxygen atoms in total. The van der Waals surface area contributed by atoms with Crippen LogP contribution in [-0.4, -0.2) is 15.0 Å². The normalized spacial score (nSPS) is 11.3. The van der Waals surface area contributed by atoms with Crippen molar-refractivity contribution in [1.82, 2.24) is 15.0 Å². The molecular weight excluding hydrogens is 815 g/mol. The number of furan rings is 1. The van der Waals surface area contributed by atoms with Crippen molar-refractivity contribution in [1.29, 1.82) is 0 Å². The SMILES string of the molecule is c1ccc(-c2ccccc2-c2nc(-c3cccc(-c4cc(-c5ccccc5)c(-c5ccccc5)c(-c5ccccc5)c4-c4ccccc4)c3)nc(-c3ccc4oc5ccccc5c4c3)n2)cc1. The molecule has 2 aromatic heterocycles. The molecule has 0 radical (unpaired) electrons. The lowest BCUT2D eigenvalue weighted by molar-refractivity contribution is 0.669. The third kappa shape index (κ3) is 7.47. The first-order valence-corrected chi connectivity index (χ1v) is 22.6. The second-order valence-electron chi connectivity index (χ2n) is 16.7. The molecule has 0 amide bonds. The smallest absolute Gasteiger partial charge is 0.164 e. The van der Waals surface area contributed by atoms with Crippen LogP contribution in [0.5, 0.6) is 0 Å². The molecule has 0 aliphatic heterocycles. The van der Waals surface area contributed by atoms with Gasteiger partial charge in [-0.1, -0.05) is 212 Å². The van der Waals surface area contributed by atoms with Crippen LogP contribution in [0.25, 0.3) is 123 Å². The molecule has 0 atom stereocenters. The third-order valence-electron chi connectivity index (χ3n) is 12.6. The molecule has 0 saturated carbocycles. The van der Waals surface area contributed by atoms with Gasteiger partial charge in [0.25, 0.3) is 0 Å². The molecule has 12 aromatic rings. The van der Waals surface area contributed by atoms with Crippen LogP contribution in [0.2, 0.25) is 0 Å². The van der Waals surface area contributed by atoms with Gasteiger partial charge in [-0.15, -0.1) is 0 Å². The number of aromatic nitrogens is 3. The van der Waals surface area contributed by atoms with Crippen LogP contribution in [0.1, 0.15) is 0 Å². The summed E-state index contributed by atoms with van der Waals surface area (Å²) in [5.74, 6) is 1.75. The van der Waals surface area contributed by atoms with Gasteiger partial charge >= 0.3 is 0 Å². The van der Waals surface area contributed by atoms with E-state index in [0.29, 0.717) is 17.5 Å². The minimum atomic E-state index is 0.579. The highest BCUT2D eigenvalue weighted by molar-refractivity contribution is 6.08. The summed E-state index contributed by atoms with van der Waals surface area (Å²) in [6.07, 6.45) is 0. The maximum Gasteiger partial charge on any atom is 0.164 e. The van der Waals surface area contributed by atoms with Gasteiger partial charge in [-0.3, -0.25) is 0 Å². The largest absolute Gasteiger partial charge is 0.456 e. The highest BCUT2D eigenvalue weighted by Crippen LogP contribution is 2.50. The summed E-state index contributed by atoms with van der Waals surface area (Å²) < 4.78 is 6.24. The molecule has 0 aliphatic carbocycles. The quantitative estimate of drug-likeness (QED) is 0.145. The van der Waals surface area contributed by atoms with Gasteiger partial charge in [0.1, 0.15) is 11.2 Å². The van der Waals surface area contributed by atoms with E-state index in [1.165, 1.54) is 11.1 Å². The maximum absolute atomic E-state index is 6.24. The Morgan fingerprint density at radius 1 is 0.224 bits per heavy atom. The fraction of sp³-hybridized carbons (Fsp3) is 0. The van der Waals surface area contributed by atoms with Crippen molar-refractivity contribution in [2.45, 2.75) is 0 Å². The Morgan fingerprint density at radius 3 is 1.25 bits per heavy atom. The Labute approximate surface area is 389 Å². The number of fused-ring (bicyclic) bond motifs is 3. The van der Waals surface area contributed by atoms with E-state index in [1.54, 1.807) is 0 Å². The first-order chi connectivity index (χ1) is 33.2. The average molecular weight is 856 g/mol. The zero-order valence-electron chi connectivity index (χ0n) is 36.4. The van der Waals surface area contributed by atoms with E-state index in [2.05, 4.69) is 206 Å². The lowest BCUT2D eigenvalue weighted by Gasteiger charge is -2.24. The summed E-state index contributed by atoms with van der Waals surface area (Å²) in [6, 6.07) is 87.3. The van der Waals surface area contributed by atoms with Crippen molar-refractivity contribution < 1.29 is 4.42 Å². The zero-order chi connectivity index (χ0) is 44.5. The Morgan fingerprint density at radius 2 is 0.642 bits per heavy atom. The lowest BCUT2D eigenvalue weighted by atomic mass is 9.79. The first kappa shape index (κ1) is 39.6. The van der Waals surface area contributed by atoms with Crippen molar-refractivity contribution >= 4 is 21.9 Å². The van der Waals surface area contributed by atoms with Gasteiger partial charge in [0.15, 0.2) is 17.5 Å². The molecule has 0 bridgehead atoms. The van der Waals surface area contributed by atoms with Gasteiger partial charge in [-0.25, -0.2) is 15.0 Å². The fourth-order valence-corrected chi connectivity index (χ4v) is 9.45. The van der Waals surface area contributed by atoms with Crippen molar-refractivity contribution in [3.05, 3.63) is 249 Å². The second kappa shape index (κ2) is 17.2. The second-order valence-corrected chi connectivity index (χ2v) is 16.7. The number of hydrogen-bond acceptors (Lipinski definition) is 4. The summed E-state index contributed by atoms with van der Waals surface area (Å²) >= 11 is 0. The predicted molar refractivity (Wildman–Crippen MR) is 276 cm³/mol. The van der Waals surface area contributed by atoms with Gasteiger partial charge in [0, 0.05) is 27.5 Å². The van der Waals surface area contributed by atoms with Crippen LogP contribution >= 0.6 is 0 Å².